The molecule has 0 atom stereocenters. The third-order valence-electron chi connectivity index (χ3n) is 3.25. The Morgan fingerprint density at radius 1 is 1.42 bits per heavy atom. The van der Waals surface area contributed by atoms with Crippen LogP contribution in [0, 0.1) is 5.92 Å². The maximum absolute atomic E-state index is 11.7. The van der Waals surface area contributed by atoms with Gasteiger partial charge in [0.25, 0.3) is 5.91 Å². The van der Waals surface area contributed by atoms with E-state index in [4.69, 9.17) is 9.84 Å². The lowest BCUT2D eigenvalue weighted by molar-refractivity contribution is -0.153. The average molecular weight is 263 g/mol. The lowest BCUT2D eigenvalue weighted by atomic mass is 10.0. The van der Waals surface area contributed by atoms with E-state index in [2.05, 4.69) is 6.92 Å². The zero-order valence-electron chi connectivity index (χ0n) is 10.8. The monoisotopic (exact) mass is 263 g/mol. The average Bonchev–Trinajstić information content (AvgIpc) is 2.34. The normalized spacial score (nSPS) is 14.9. The first-order valence-corrected chi connectivity index (χ1v) is 6.32. The van der Waals surface area contributed by atoms with E-state index in [0.717, 1.165) is 12.0 Å². The molecular weight excluding hydrogens is 246 g/mol. The fourth-order valence-corrected chi connectivity index (χ4v) is 1.93. The van der Waals surface area contributed by atoms with Gasteiger partial charge in [0.15, 0.2) is 6.61 Å². The van der Waals surface area contributed by atoms with E-state index < -0.39 is 11.9 Å². The van der Waals surface area contributed by atoms with Crippen LogP contribution < -0.4 is 4.74 Å². The number of hydrogen-bond acceptors (Lipinski definition) is 3. The zero-order chi connectivity index (χ0) is 13.8. The second kappa shape index (κ2) is 5.73. The lowest BCUT2D eigenvalue weighted by Gasteiger charge is -2.36. The Labute approximate surface area is 111 Å². The predicted molar refractivity (Wildman–Crippen MR) is 69.0 cm³/mol. The van der Waals surface area contributed by atoms with Crippen LogP contribution in [0.1, 0.15) is 12.5 Å². The Morgan fingerprint density at radius 2 is 2.16 bits per heavy atom. The molecule has 2 rings (SSSR count). The molecule has 1 aromatic rings. The van der Waals surface area contributed by atoms with Gasteiger partial charge in [0.2, 0.25) is 0 Å². The van der Waals surface area contributed by atoms with E-state index in [9.17, 15) is 9.59 Å². The summed E-state index contributed by atoms with van der Waals surface area (Å²) < 4.78 is 5.42. The van der Waals surface area contributed by atoms with E-state index in [0.29, 0.717) is 5.75 Å². The number of amides is 1. The predicted octanol–water partition coefficient (Wildman–Crippen LogP) is 1.17. The van der Waals surface area contributed by atoms with Gasteiger partial charge in [0.05, 0.1) is 5.92 Å². The number of likely N-dealkylation sites (tertiary alicyclic amines) is 1. The Balaban J connectivity index is 1.79. The van der Waals surface area contributed by atoms with Gasteiger partial charge in [-0.3, -0.25) is 9.59 Å². The Hall–Kier alpha value is -2.04. The zero-order valence-corrected chi connectivity index (χ0v) is 10.8. The summed E-state index contributed by atoms with van der Waals surface area (Å²) in [4.78, 5) is 23.9. The number of rotatable bonds is 5. The molecule has 1 aliphatic heterocycles. The molecule has 5 heteroatoms. The number of carboxylic acid groups (broad SMARTS) is 1. The van der Waals surface area contributed by atoms with Crippen LogP contribution in [0.25, 0.3) is 0 Å². The summed E-state index contributed by atoms with van der Waals surface area (Å²) >= 11 is 0. The van der Waals surface area contributed by atoms with Gasteiger partial charge in [0.1, 0.15) is 5.75 Å². The van der Waals surface area contributed by atoms with Crippen LogP contribution in [0.3, 0.4) is 0 Å². The topological polar surface area (TPSA) is 66.8 Å². The maximum Gasteiger partial charge on any atom is 0.310 e. The number of ether oxygens (including phenoxy) is 1. The molecule has 0 saturated carbocycles. The minimum Gasteiger partial charge on any atom is -0.484 e. The molecule has 1 fully saturated rings. The Morgan fingerprint density at radius 3 is 2.79 bits per heavy atom. The van der Waals surface area contributed by atoms with Gasteiger partial charge in [0, 0.05) is 13.1 Å². The highest BCUT2D eigenvalue weighted by Crippen LogP contribution is 2.17. The van der Waals surface area contributed by atoms with Crippen molar-refractivity contribution in [2.24, 2.45) is 5.92 Å². The van der Waals surface area contributed by atoms with Crippen molar-refractivity contribution < 1.29 is 19.4 Å². The molecule has 1 amide bonds. The van der Waals surface area contributed by atoms with Crippen LogP contribution >= 0.6 is 0 Å². The van der Waals surface area contributed by atoms with Crippen molar-refractivity contribution in [3.63, 3.8) is 0 Å². The number of hydrogen-bond donors (Lipinski definition) is 1. The van der Waals surface area contributed by atoms with Crippen molar-refractivity contribution in [3.8, 4) is 5.75 Å². The Kier molecular flexibility index (Phi) is 4.04. The summed E-state index contributed by atoms with van der Waals surface area (Å²) in [6.45, 7) is 2.58. The van der Waals surface area contributed by atoms with Gasteiger partial charge in [-0.15, -0.1) is 0 Å². The number of carbonyl (C=O) groups excluding carboxylic acids is 1. The number of aryl methyl sites for hydroxylation is 1. The molecule has 1 aromatic carbocycles. The van der Waals surface area contributed by atoms with Crippen LogP contribution in [0.4, 0.5) is 0 Å². The highest BCUT2D eigenvalue weighted by molar-refractivity contribution is 5.82. The Bertz CT molecular complexity index is 480. The van der Waals surface area contributed by atoms with Crippen LogP contribution in [-0.2, 0) is 16.0 Å². The third kappa shape index (κ3) is 3.24. The smallest absolute Gasteiger partial charge is 0.310 e. The third-order valence-corrected chi connectivity index (χ3v) is 3.25. The lowest BCUT2D eigenvalue weighted by Crippen LogP contribution is -2.54. The molecule has 0 unspecified atom stereocenters. The molecule has 102 valence electrons. The quantitative estimate of drug-likeness (QED) is 0.866. The van der Waals surface area contributed by atoms with E-state index in [1.807, 2.05) is 24.3 Å². The van der Waals surface area contributed by atoms with Crippen molar-refractivity contribution in [2.45, 2.75) is 13.3 Å². The summed E-state index contributed by atoms with van der Waals surface area (Å²) in [5.74, 6) is -0.768. The first-order chi connectivity index (χ1) is 9.10. The molecule has 5 nitrogen and oxygen atoms in total. The molecule has 0 radical (unpaired) electrons. The summed E-state index contributed by atoms with van der Waals surface area (Å²) in [6.07, 6.45) is 0.914. The minimum absolute atomic E-state index is 0.0422. The van der Waals surface area contributed by atoms with Gasteiger partial charge < -0.3 is 14.7 Å². The van der Waals surface area contributed by atoms with Crippen molar-refractivity contribution in [1.82, 2.24) is 4.90 Å². The van der Waals surface area contributed by atoms with Crippen LogP contribution in [0.5, 0.6) is 5.75 Å². The van der Waals surface area contributed by atoms with Crippen molar-refractivity contribution in [3.05, 3.63) is 29.8 Å². The fraction of sp³-hybridized carbons (Fsp3) is 0.429. The molecular formula is C14H17NO4. The molecule has 1 heterocycles. The molecule has 19 heavy (non-hydrogen) atoms. The highest BCUT2D eigenvalue weighted by Gasteiger charge is 2.35. The largest absolute Gasteiger partial charge is 0.484 e. The molecule has 0 spiro atoms. The van der Waals surface area contributed by atoms with Gasteiger partial charge in [-0.05, 0) is 24.1 Å². The molecule has 0 aromatic heterocycles. The number of carbonyl (C=O) groups is 2. The van der Waals surface area contributed by atoms with Crippen LogP contribution in [-0.4, -0.2) is 41.6 Å². The number of carboxylic acids is 1. The number of benzene rings is 1. The van der Waals surface area contributed by atoms with Gasteiger partial charge >= 0.3 is 5.97 Å². The first-order valence-electron chi connectivity index (χ1n) is 6.32. The van der Waals surface area contributed by atoms with Gasteiger partial charge in [-0.2, -0.15) is 0 Å². The van der Waals surface area contributed by atoms with Crippen molar-refractivity contribution in [1.29, 1.82) is 0 Å². The van der Waals surface area contributed by atoms with E-state index in [-0.39, 0.29) is 25.6 Å². The van der Waals surface area contributed by atoms with E-state index in [1.165, 1.54) is 4.90 Å². The van der Waals surface area contributed by atoms with Crippen molar-refractivity contribution >= 4 is 11.9 Å². The second-order valence-electron chi connectivity index (χ2n) is 4.62. The number of aliphatic carboxylic acids is 1. The maximum atomic E-state index is 11.7. The molecule has 1 N–H and O–H groups in total. The molecule has 1 aliphatic rings. The first kappa shape index (κ1) is 13.4. The summed E-state index contributed by atoms with van der Waals surface area (Å²) in [5.41, 5.74) is 1.15. The molecule has 0 aliphatic carbocycles. The minimum atomic E-state index is -0.847. The van der Waals surface area contributed by atoms with E-state index in [1.54, 1.807) is 0 Å². The standard InChI is InChI=1S/C14H17NO4/c1-2-10-4-3-5-12(6-10)19-9-13(16)15-7-11(8-15)14(17)18/h3-6,11H,2,7-9H2,1H3,(H,17,18). The van der Waals surface area contributed by atoms with Crippen molar-refractivity contribution in [2.75, 3.05) is 19.7 Å². The van der Waals surface area contributed by atoms with Gasteiger partial charge in [-0.25, -0.2) is 0 Å². The molecule has 0 bridgehead atoms. The molecule has 1 saturated heterocycles. The summed E-state index contributed by atoms with van der Waals surface area (Å²) in [5, 5.41) is 8.73. The SMILES string of the molecule is CCc1cccc(OCC(=O)N2CC(C(=O)O)C2)c1. The van der Waals surface area contributed by atoms with Gasteiger partial charge in [-0.1, -0.05) is 19.1 Å². The van der Waals surface area contributed by atoms with E-state index >= 15 is 0 Å². The number of nitrogens with zero attached hydrogens (tertiary/aromatic N) is 1. The highest BCUT2D eigenvalue weighted by atomic mass is 16.5. The van der Waals surface area contributed by atoms with Crippen LogP contribution in [0.2, 0.25) is 0 Å². The summed E-state index contributed by atoms with van der Waals surface area (Å²) in [7, 11) is 0. The summed E-state index contributed by atoms with van der Waals surface area (Å²) in [6, 6.07) is 7.61. The van der Waals surface area contributed by atoms with Crippen LogP contribution in [0.15, 0.2) is 24.3 Å². The second-order valence-corrected chi connectivity index (χ2v) is 4.62. The fourth-order valence-electron chi connectivity index (χ4n) is 1.93.